The smallest absolute Gasteiger partial charge is 0.143 e. The van der Waals surface area contributed by atoms with Crippen molar-refractivity contribution in [3.63, 3.8) is 0 Å². The van der Waals surface area contributed by atoms with Crippen LogP contribution in [0.25, 0.3) is 0 Å². The van der Waals surface area contributed by atoms with Gasteiger partial charge >= 0.3 is 0 Å². The highest BCUT2D eigenvalue weighted by atomic mass is 16.5. The monoisotopic (exact) mass is 194 g/mol. The molecule has 2 aliphatic heterocycles. The van der Waals surface area contributed by atoms with E-state index in [0.29, 0.717) is 12.1 Å². The van der Waals surface area contributed by atoms with Crippen molar-refractivity contribution < 1.29 is 9.63 Å². The molecule has 0 spiro atoms. The van der Waals surface area contributed by atoms with E-state index < -0.39 is 0 Å². The van der Waals surface area contributed by atoms with Crippen LogP contribution in [0.3, 0.4) is 0 Å². The first kappa shape index (κ1) is 8.44. The van der Waals surface area contributed by atoms with E-state index in [1.54, 1.807) is 0 Å². The van der Waals surface area contributed by atoms with E-state index >= 15 is 0 Å². The van der Waals surface area contributed by atoms with E-state index in [1.165, 1.54) is 12.8 Å². The lowest BCUT2D eigenvalue weighted by atomic mass is 9.99. The lowest BCUT2D eigenvalue weighted by molar-refractivity contribution is 0.205. The van der Waals surface area contributed by atoms with Crippen LogP contribution >= 0.6 is 0 Å². The largest absolute Gasteiger partial charge is 0.390 e. The molecule has 2 atom stereocenters. The molecule has 0 amide bonds. The summed E-state index contributed by atoms with van der Waals surface area (Å²) in [6, 6.07) is 1.05. The topological polar surface area (TPSA) is 49.5 Å². The van der Waals surface area contributed by atoms with Gasteiger partial charge in [0.15, 0.2) is 0 Å². The van der Waals surface area contributed by atoms with Crippen LogP contribution in [0.2, 0.25) is 0 Å². The Morgan fingerprint density at radius 1 is 1.57 bits per heavy atom. The Morgan fingerprint density at radius 2 is 2.43 bits per heavy atom. The Balaban J connectivity index is 2.10. The molecule has 2 bridgehead atoms. The highest BCUT2D eigenvalue weighted by Gasteiger charge is 2.41. The van der Waals surface area contributed by atoms with Gasteiger partial charge < -0.3 is 9.63 Å². The zero-order chi connectivity index (χ0) is 9.71. The van der Waals surface area contributed by atoms with Crippen molar-refractivity contribution in [2.75, 3.05) is 7.05 Å². The summed E-state index contributed by atoms with van der Waals surface area (Å²) in [5.74, 6) is 1.000. The van der Waals surface area contributed by atoms with Crippen molar-refractivity contribution in [3.05, 3.63) is 17.0 Å². The second-order valence-electron chi connectivity index (χ2n) is 4.24. The van der Waals surface area contributed by atoms with E-state index in [1.807, 2.05) is 0 Å². The number of hydrogen-bond donors (Lipinski definition) is 1. The molecular formula is C10H14N2O2. The number of aliphatic hydroxyl groups is 1. The van der Waals surface area contributed by atoms with Crippen molar-refractivity contribution in [2.24, 2.45) is 0 Å². The molecule has 0 saturated carbocycles. The molecule has 1 aromatic heterocycles. The fraction of sp³-hybridized carbons (Fsp3) is 0.700. The molecule has 1 aromatic rings. The van der Waals surface area contributed by atoms with Crippen LogP contribution in [-0.2, 0) is 13.0 Å². The molecule has 14 heavy (non-hydrogen) atoms. The molecule has 1 N–H and O–H groups in total. The highest BCUT2D eigenvalue weighted by Crippen LogP contribution is 2.43. The maximum atomic E-state index is 9.15. The molecule has 1 fully saturated rings. The van der Waals surface area contributed by atoms with Crippen LogP contribution in [0.15, 0.2) is 4.52 Å². The third-order valence-corrected chi connectivity index (χ3v) is 3.62. The number of fused-ring (bicyclic) bond motifs is 4. The lowest BCUT2D eigenvalue weighted by Gasteiger charge is -2.29. The maximum absolute atomic E-state index is 9.15. The SMILES string of the molecule is CN1C2CCC1c1c(CO)noc1C2. The molecule has 3 heterocycles. The molecule has 2 unspecified atom stereocenters. The average Bonchev–Trinajstić information content (AvgIpc) is 2.68. The number of aliphatic hydroxyl groups excluding tert-OH is 1. The van der Waals surface area contributed by atoms with E-state index in [-0.39, 0.29) is 6.61 Å². The van der Waals surface area contributed by atoms with Gasteiger partial charge in [-0.3, -0.25) is 4.90 Å². The number of likely N-dealkylation sites (N-methyl/N-ethyl adjacent to an activating group) is 1. The Bertz CT molecular complexity index is 361. The molecule has 0 aromatic carbocycles. The van der Waals surface area contributed by atoms with Gasteiger partial charge in [0.2, 0.25) is 0 Å². The van der Waals surface area contributed by atoms with Gasteiger partial charge in [-0.1, -0.05) is 5.16 Å². The first-order valence-electron chi connectivity index (χ1n) is 5.11. The summed E-state index contributed by atoms with van der Waals surface area (Å²) >= 11 is 0. The Kier molecular flexibility index (Phi) is 1.69. The summed E-state index contributed by atoms with van der Waals surface area (Å²) in [4.78, 5) is 2.39. The summed E-state index contributed by atoms with van der Waals surface area (Å²) < 4.78 is 5.27. The fourth-order valence-corrected chi connectivity index (χ4v) is 2.83. The molecule has 3 rings (SSSR count). The van der Waals surface area contributed by atoms with Crippen LogP contribution in [0.5, 0.6) is 0 Å². The minimum atomic E-state index is -0.00611. The van der Waals surface area contributed by atoms with Gasteiger partial charge in [-0.15, -0.1) is 0 Å². The Hall–Kier alpha value is -0.870. The van der Waals surface area contributed by atoms with Gasteiger partial charge in [-0.05, 0) is 19.9 Å². The van der Waals surface area contributed by atoms with Crippen LogP contribution in [0.4, 0.5) is 0 Å². The van der Waals surface area contributed by atoms with Gasteiger partial charge in [0.1, 0.15) is 11.5 Å². The highest BCUT2D eigenvalue weighted by molar-refractivity contribution is 5.31. The van der Waals surface area contributed by atoms with Gasteiger partial charge in [-0.25, -0.2) is 0 Å². The molecule has 4 heteroatoms. The van der Waals surface area contributed by atoms with E-state index in [2.05, 4.69) is 17.1 Å². The van der Waals surface area contributed by atoms with Crippen LogP contribution in [-0.4, -0.2) is 28.3 Å². The van der Waals surface area contributed by atoms with Crippen molar-refractivity contribution in [3.8, 4) is 0 Å². The molecule has 0 aliphatic carbocycles. The summed E-state index contributed by atoms with van der Waals surface area (Å²) in [7, 11) is 2.15. The second kappa shape index (κ2) is 2.81. The quantitative estimate of drug-likeness (QED) is 0.720. The average molecular weight is 194 g/mol. The third-order valence-electron chi connectivity index (χ3n) is 3.62. The number of rotatable bonds is 1. The molecular weight excluding hydrogens is 180 g/mol. The fourth-order valence-electron chi connectivity index (χ4n) is 2.83. The van der Waals surface area contributed by atoms with Crippen molar-refractivity contribution in [2.45, 2.75) is 38.0 Å². The summed E-state index contributed by atoms with van der Waals surface area (Å²) in [5.41, 5.74) is 1.89. The van der Waals surface area contributed by atoms with Gasteiger partial charge in [0, 0.05) is 24.1 Å². The summed E-state index contributed by atoms with van der Waals surface area (Å²) in [6.07, 6.45) is 3.36. The minimum absolute atomic E-state index is 0.00611. The van der Waals surface area contributed by atoms with Gasteiger partial charge in [-0.2, -0.15) is 0 Å². The van der Waals surface area contributed by atoms with Crippen LogP contribution in [0, 0.1) is 0 Å². The number of aromatic nitrogens is 1. The molecule has 0 radical (unpaired) electrons. The Morgan fingerprint density at radius 3 is 3.21 bits per heavy atom. The van der Waals surface area contributed by atoms with E-state index in [4.69, 9.17) is 9.63 Å². The lowest BCUT2D eigenvalue weighted by Crippen LogP contribution is -2.33. The van der Waals surface area contributed by atoms with Crippen molar-refractivity contribution >= 4 is 0 Å². The summed E-state index contributed by atoms with van der Waals surface area (Å²) in [6.45, 7) is -0.00611. The summed E-state index contributed by atoms with van der Waals surface area (Å²) in [5, 5.41) is 13.1. The van der Waals surface area contributed by atoms with Crippen LogP contribution in [0.1, 0.15) is 35.9 Å². The third kappa shape index (κ3) is 0.925. The first-order valence-corrected chi connectivity index (χ1v) is 5.11. The van der Waals surface area contributed by atoms with Crippen molar-refractivity contribution in [1.29, 1.82) is 0 Å². The molecule has 2 aliphatic rings. The molecule has 76 valence electrons. The minimum Gasteiger partial charge on any atom is -0.390 e. The maximum Gasteiger partial charge on any atom is 0.143 e. The van der Waals surface area contributed by atoms with Gasteiger partial charge in [0.25, 0.3) is 0 Å². The molecule has 4 nitrogen and oxygen atoms in total. The number of nitrogens with zero attached hydrogens (tertiary/aromatic N) is 2. The number of hydrogen-bond acceptors (Lipinski definition) is 4. The Labute approximate surface area is 82.5 Å². The first-order chi connectivity index (χ1) is 6.81. The van der Waals surface area contributed by atoms with E-state index in [9.17, 15) is 0 Å². The van der Waals surface area contributed by atoms with Crippen molar-refractivity contribution in [1.82, 2.24) is 10.1 Å². The molecule has 1 saturated heterocycles. The normalized spacial score (nSPS) is 30.7. The van der Waals surface area contributed by atoms with E-state index in [0.717, 1.165) is 23.4 Å². The zero-order valence-corrected chi connectivity index (χ0v) is 8.23. The predicted molar refractivity (Wildman–Crippen MR) is 49.7 cm³/mol. The van der Waals surface area contributed by atoms with Crippen LogP contribution < -0.4 is 0 Å². The second-order valence-corrected chi connectivity index (χ2v) is 4.24. The predicted octanol–water partition coefficient (Wildman–Crippen LogP) is 0.858. The standard InChI is InChI=1S/C10H14N2O2/c1-12-6-2-3-8(12)10-7(5-13)11-14-9(10)4-6/h6,8,13H,2-5H2,1H3. The van der Waals surface area contributed by atoms with Gasteiger partial charge in [0.05, 0.1) is 6.61 Å². The zero-order valence-electron chi connectivity index (χ0n) is 8.23.